The molecule has 0 saturated carbocycles. The van der Waals surface area contributed by atoms with Gasteiger partial charge >= 0.3 is 0 Å². The molecule has 1 aromatic rings. The fourth-order valence-corrected chi connectivity index (χ4v) is 2.71. The second kappa shape index (κ2) is 6.68. The van der Waals surface area contributed by atoms with Gasteiger partial charge in [-0.3, -0.25) is 9.69 Å². The van der Waals surface area contributed by atoms with E-state index < -0.39 is 6.04 Å². The highest BCUT2D eigenvalue weighted by Gasteiger charge is 2.30. The predicted molar refractivity (Wildman–Crippen MR) is 77.7 cm³/mol. The van der Waals surface area contributed by atoms with Crippen LogP contribution in [0.15, 0.2) is 24.3 Å². The van der Waals surface area contributed by atoms with Crippen LogP contribution in [0.4, 0.5) is 4.39 Å². The van der Waals surface area contributed by atoms with E-state index >= 15 is 0 Å². The van der Waals surface area contributed by atoms with Crippen molar-refractivity contribution in [1.29, 1.82) is 5.26 Å². The van der Waals surface area contributed by atoms with E-state index in [1.165, 1.54) is 12.1 Å². The third-order valence-electron chi connectivity index (χ3n) is 3.93. The van der Waals surface area contributed by atoms with E-state index in [4.69, 9.17) is 5.26 Å². The largest absolute Gasteiger partial charge is 0.341 e. The van der Waals surface area contributed by atoms with Gasteiger partial charge in [0.15, 0.2) is 0 Å². The number of halogens is 1. The number of likely N-dealkylation sites (tertiary alicyclic amines) is 1. The average Bonchev–Trinajstić information content (AvgIpc) is 2.49. The Morgan fingerprint density at radius 1 is 1.33 bits per heavy atom. The Morgan fingerprint density at radius 3 is 2.38 bits per heavy atom. The van der Waals surface area contributed by atoms with Gasteiger partial charge in [-0.1, -0.05) is 12.1 Å². The van der Waals surface area contributed by atoms with Crippen molar-refractivity contribution < 1.29 is 9.18 Å². The Bertz CT molecular complexity index is 527. The van der Waals surface area contributed by atoms with Gasteiger partial charge < -0.3 is 4.90 Å². The molecule has 2 rings (SSSR count). The first kappa shape index (κ1) is 15.5. The lowest BCUT2D eigenvalue weighted by Crippen LogP contribution is -2.44. The normalized spacial score (nSPS) is 17.6. The van der Waals surface area contributed by atoms with Crippen molar-refractivity contribution in [1.82, 2.24) is 9.80 Å². The van der Waals surface area contributed by atoms with E-state index in [-0.39, 0.29) is 17.6 Å². The monoisotopic (exact) mass is 289 g/mol. The maximum absolute atomic E-state index is 13.0. The van der Waals surface area contributed by atoms with E-state index in [0.717, 1.165) is 18.4 Å². The highest BCUT2D eigenvalue weighted by atomic mass is 19.1. The fourth-order valence-electron chi connectivity index (χ4n) is 2.71. The highest BCUT2D eigenvalue weighted by Crippen LogP contribution is 2.24. The molecule has 1 heterocycles. The Morgan fingerprint density at radius 2 is 1.90 bits per heavy atom. The van der Waals surface area contributed by atoms with Crippen LogP contribution in [0.3, 0.4) is 0 Å². The van der Waals surface area contributed by atoms with Crippen LogP contribution in [-0.4, -0.2) is 42.9 Å². The van der Waals surface area contributed by atoms with Crippen LogP contribution in [0, 0.1) is 23.1 Å². The molecule has 0 aliphatic carbocycles. The van der Waals surface area contributed by atoms with Gasteiger partial charge in [0.1, 0.15) is 11.9 Å². The molecule has 0 radical (unpaired) electrons. The molecule has 0 spiro atoms. The van der Waals surface area contributed by atoms with Crippen LogP contribution >= 0.6 is 0 Å². The first-order valence-corrected chi connectivity index (χ1v) is 7.13. The summed E-state index contributed by atoms with van der Waals surface area (Å²) >= 11 is 0. The number of benzene rings is 1. The Kier molecular flexibility index (Phi) is 4.92. The Balaban J connectivity index is 2.13. The highest BCUT2D eigenvalue weighted by molar-refractivity contribution is 5.83. The molecule has 21 heavy (non-hydrogen) atoms. The summed E-state index contributed by atoms with van der Waals surface area (Å²) in [6.07, 6.45) is 1.46. The van der Waals surface area contributed by atoms with Crippen LogP contribution in [0.2, 0.25) is 0 Å². The lowest BCUT2D eigenvalue weighted by Gasteiger charge is -2.34. The number of piperidine rings is 1. The van der Waals surface area contributed by atoms with E-state index in [1.54, 1.807) is 12.1 Å². The summed E-state index contributed by atoms with van der Waals surface area (Å²) in [5.74, 6) is -0.237. The third kappa shape index (κ3) is 3.59. The maximum atomic E-state index is 13.0. The fraction of sp³-hybridized carbons (Fsp3) is 0.500. The van der Waals surface area contributed by atoms with E-state index in [9.17, 15) is 9.18 Å². The topological polar surface area (TPSA) is 47.3 Å². The number of hydrogen-bond acceptors (Lipinski definition) is 3. The minimum absolute atomic E-state index is 0.0167. The number of nitrogens with zero attached hydrogens (tertiary/aromatic N) is 3. The van der Waals surface area contributed by atoms with E-state index in [2.05, 4.69) is 6.07 Å². The number of carbonyl (C=O) groups is 1. The molecular formula is C16H20FN3O. The smallest absolute Gasteiger partial charge is 0.244 e. The van der Waals surface area contributed by atoms with Gasteiger partial charge in [-0.05, 0) is 44.6 Å². The number of carbonyl (C=O) groups excluding carboxylic acids is 1. The van der Waals surface area contributed by atoms with Crippen LogP contribution in [0.5, 0.6) is 0 Å². The summed E-state index contributed by atoms with van der Waals surface area (Å²) < 4.78 is 13.0. The summed E-state index contributed by atoms with van der Waals surface area (Å²) in [6.45, 7) is 1.23. The molecule has 5 heteroatoms. The second-order valence-electron chi connectivity index (χ2n) is 5.65. The molecule has 112 valence electrons. The van der Waals surface area contributed by atoms with Crippen molar-refractivity contribution in [2.75, 3.05) is 27.2 Å². The predicted octanol–water partition coefficient (Wildman–Crippen LogP) is 2.19. The van der Waals surface area contributed by atoms with Crippen molar-refractivity contribution in [3.05, 3.63) is 35.6 Å². The van der Waals surface area contributed by atoms with Gasteiger partial charge in [-0.15, -0.1) is 0 Å². The second-order valence-corrected chi connectivity index (χ2v) is 5.65. The van der Waals surface area contributed by atoms with Crippen LogP contribution < -0.4 is 0 Å². The van der Waals surface area contributed by atoms with Crippen molar-refractivity contribution in [3.63, 3.8) is 0 Å². The standard InChI is InChI=1S/C16H20FN3O/c1-19(2)15(13-3-5-14(17)6-4-13)16(21)20-9-7-12(11-18)8-10-20/h3-6,12,15H,7-10H2,1-2H3/t15-/m1/s1. The summed E-state index contributed by atoms with van der Waals surface area (Å²) in [6, 6.07) is 7.91. The van der Waals surface area contributed by atoms with Crippen molar-refractivity contribution in [2.24, 2.45) is 5.92 Å². The molecule has 1 fully saturated rings. The number of rotatable bonds is 3. The first-order valence-electron chi connectivity index (χ1n) is 7.13. The van der Waals surface area contributed by atoms with Gasteiger partial charge in [0.25, 0.3) is 0 Å². The molecule has 0 N–H and O–H groups in total. The summed E-state index contributed by atoms with van der Waals surface area (Å²) in [5, 5.41) is 8.92. The lowest BCUT2D eigenvalue weighted by molar-refractivity contribution is -0.137. The Hall–Kier alpha value is -1.93. The number of hydrogen-bond donors (Lipinski definition) is 0. The molecule has 0 unspecified atom stereocenters. The van der Waals surface area contributed by atoms with Gasteiger partial charge in [0, 0.05) is 19.0 Å². The van der Waals surface area contributed by atoms with Gasteiger partial charge in [-0.25, -0.2) is 4.39 Å². The number of amides is 1. The number of likely N-dealkylation sites (N-methyl/N-ethyl adjacent to an activating group) is 1. The van der Waals surface area contributed by atoms with Gasteiger partial charge in [0.2, 0.25) is 5.91 Å². The molecule has 1 aliphatic heterocycles. The maximum Gasteiger partial charge on any atom is 0.244 e. The Labute approximate surface area is 124 Å². The molecule has 0 bridgehead atoms. The number of nitriles is 1. The minimum atomic E-state index is -0.413. The van der Waals surface area contributed by atoms with Gasteiger partial charge in [0.05, 0.1) is 6.07 Å². The molecule has 1 aromatic carbocycles. The lowest BCUT2D eigenvalue weighted by atomic mass is 9.97. The van der Waals surface area contributed by atoms with Crippen LogP contribution in [-0.2, 0) is 4.79 Å². The van der Waals surface area contributed by atoms with E-state index in [0.29, 0.717) is 13.1 Å². The molecule has 1 saturated heterocycles. The quantitative estimate of drug-likeness (QED) is 0.857. The summed E-state index contributed by atoms with van der Waals surface area (Å²) in [5.41, 5.74) is 0.786. The molecule has 0 aromatic heterocycles. The zero-order chi connectivity index (χ0) is 15.4. The average molecular weight is 289 g/mol. The van der Waals surface area contributed by atoms with Crippen LogP contribution in [0.25, 0.3) is 0 Å². The zero-order valence-corrected chi connectivity index (χ0v) is 12.4. The molecule has 1 amide bonds. The van der Waals surface area contributed by atoms with E-state index in [1.807, 2.05) is 23.9 Å². The third-order valence-corrected chi connectivity index (χ3v) is 3.93. The SMILES string of the molecule is CN(C)[C@@H](C(=O)N1CCC(C#N)CC1)c1ccc(F)cc1. The van der Waals surface area contributed by atoms with Crippen molar-refractivity contribution in [2.45, 2.75) is 18.9 Å². The molecular weight excluding hydrogens is 269 g/mol. The molecule has 1 aliphatic rings. The zero-order valence-electron chi connectivity index (χ0n) is 12.4. The summed E-state index contributed by atoms with van der Waals surface area (Å²) in [4.78, 5) is 16.4. The van der Waals surface area contributed by atoms with Gasteiger partial charge in [-0.2, -0.15) is 5.26 Å². The first-order chi connectivity index (χ1) is 10.0. The van der Waals surface area contributed by atoms with Crippen molar-refractivity contribution in [3.8, 4) is 6.07 Å². The van der Waals surface area contributed by atoms with Crippen molar-refractivity contribution >= 4 is 5.91 Å². The molecule has 4 nitrogen and oxygen atoms in total. The van der Waals surface area contributed by atoms with Crippen LogP contribution in [0.1, 0.15) is 24.4 Å². The minimum Gasteiger partial charge on any atom is -0.341 e. The molecule has 1 atom stereocenters. The summed E-state index contributed by atoms with van der Waals surface area (Å²) in [7, 11) is 3.68.